The number of hydrogen-bond acceptors (Lipinski definition) is 16. The van der Waals surface area contributed by atoms with E-state index in [4.69, 9.17) is 18.7 Å². The van der Waals surface area contributed by atoms with E-state index in [1.165, 1.54) is 17.2 Å². The van der Waals surface area contributed by atoms with Gasteiger partial charge in [-0.15, -0.1) is 0 Å². The van der Waals surface area contributed by atoms with Crippen LogP contribution in [0, 0.1) is 0 Å². The number of anilines is 1. The van der Waals surface area contributed by atoms with Gasteiger partial charge in [0.2, 0.25) is 0 Å². The van der Waals surface area contributed by atoms with Crippen molar-refractivity contribution in [3.05, 3.63) is 12.7 Å². The van der Waals surface area contributed by atoms with E-state index in [2.05, 4.69) is 29.3 Å². The van der Waals surface area contributed by atoms with E-state index in [9.17, 15) is 58.4 Å². The summed E-state index contributed by atoms with van der Waals surface area (Å²) in [6, 6.07) is 0.137. The van der Waals surface area contributed by atoms with Crippen molar-refractivity contribution >= 4 is 40.4 Å². The molecule has 0 spiro atoms. The van der Waals surface area contributed by atoms with Gasteiger partial charge in [-0.3, -0.25) is 18.1 Å². The van der Waals surface area contributed by atoms with Crippen molar-refractivity contribution in [2.24, 2.45) is 0 Å². The van der Waals surface area contributed by atoms with Gasteiger partial charge in [-0.25, -0.2) is 28.6 Å². The molecular formula is C21H34N5O18P3. The van der Waals surface area contributed by atoms with Crippen LogP contribution in [-0.2, 0) is 41.5 Å². The molecule has 2 aromatic heterocycles. The minimum atomic E-state index is -5.52. The number of aromatic nitrogens is 4. The van der Waals surface area contributed by atoms with Crippen molar-refractivity contribution in [2.45, 2.75) is 87.0 Å². The lowest BCUT2D eigenvalue weighted by molar-refractivity contribution is -0.313. The number of ether oxygens (including phenoxy) is 3. The smallest absolute Gasteiger partial charge is 0.394 e. The molecule has 0 bridgehead atoms. The molecule has 9 atom stereocenters. The van der Waals surface area contributed by atoms with Gasteiger partial charge in [0.05, 0.1) is 19.5 Å². The van der Waals surface area contributed by atoms with Gasteiger partial charge in [0.1, 0.15) is 49.1 Å². The third-order valence-electron chi connectivity index (χ3n) is 7.66. The fraction of sp³-hybridized carbons (Fsp3) is 0.762. The highest BCUT2D eigenvalue weighted by Gasteiger charge is 2.56. The molecule has 266 valence electrons. The van der Waals surface area contributed by atoms with Gasteiger partial charge < -0.3 is 64.2 Å². The van der Waals surface area contributed by atoms with E-state index in [1.807, 2.05) is 0 Å². The largest absolute Gasteiger partial charge is 0.470 e. The lowest BCUT2D eigenvalue weighted by Gasteiger charge is -2.44. The predicted molar refractivity (Wildman–Crippen MR) is 150 cm³/mol. The van der Waals surface area contributed by atoms with Gasteiger partial charge in [-0.05, 0) is 12.8 Å². The first-order chi connectivity index (χ1) is 22.0. The number of imidazole rings is 1. The minimum absolute atomic E-state index is 0.129. The second kappa shape index (κ2) is 14.4. The standard InChI is InChI=1S/C21H34N5O18P3/c27-5-10-14(41-21-13(29)16(43-46(33,34)35)15(11(6-28)40-21)42-45(30,31)32)17(44-47(36,37)38)20(39-10)26-8-24-12-18(22-7-23-19(12)26)25-9-3-1-2-4-9/h7-11,13-17,20-21,27-29H,1-6H2,(H,22,23,25)(H2,30,31,32)(H2,33,34,35)(H2,36,37,38)/t10-,11?,13+,14+,15+,16?,17+,20?,21+/m1/s1. The summed E-state index contributed by atoms with van der Waals surface area (Å²) < 4.78 is 67.7. The molecule has 47 heavy (non-hydrogen) atoms. The first-order valence-corrected chi connectivity index (χ1v) is 18.6. The van der Waals surface area contributed by atoms with E-state index in [-0.39, 0.29) is 17.2 Å². The fourth-order valence-electron chi connectivity index (χ4n) is 5.79. The first kappa shape index (κ1) is 36.7. The van der Waals surface area contributed by atoms with Gasteiger partial charge in [0.15, 0.2) is 29.5 Å². The molecule has 5 rings (SSSR count). The summed E-state index contributed by atoms with van der Waals surface area (Å²) in [7, 11) is -16.3. The Morgan fingerprint density at radius 1 is 0.809 bits per heavy atom. The molecule has 3 fully saturated rings. The van der Waals surface area contributed by atoms with Crippen molar-refractivity contribution < 1.29 is 86.2 Å². The van der Waals surface area contributed by atoms with E-state index >= 15 is 0 Å². The average molecular weight is 737 g/mol. The molecule has 23 nitrogen and oxygen atoms in total. The Hall–Kier alpha value is -1.56. The summed E-state index contributed by atoms with van der Waals surface area (Å²) in [6.07, 6.45) is -11.1. The summed E-state index contributed by atoms with van der Waals surface area (Å²) >= 11 is 0. The molecule has 3 unspecified atom stereocenters. The number of hydrogen-bond donors (Lipinski definition) is 10. The van der Waals surface area contributed by atoms with Crippen LogP contribution >= 0.6 is 23.5 Å². The maximum Gasteiger partial charge on any atom is 0.470 e. The predicted octanol–water partition coefficient (Wildman–Crippen LogP) is -2.03. The number of fused-ring (bicyclic) bond motifs is 1. The summed E-state index contributed by atoms with van der Waals surface area (Å²) in [5, 5.41) is 34.3. The lowest BCUT2D eigenvalue weighted by atomic mass is 9.99. The van der Waals surface area contributed by atoms with Crippen molar-refractivity contribution in [3.8, 4) is 0 Å². The Labute approximate surface area is 264 Å². The minimum Gasteiger partial charge on any atom is -0.394 e. The third-order valence-corrected chi connectivity index (χ3v) is 9.21. The van der Waals surface area contributed by atoms with Crippen LogP contribution in [0.5, 0.6) is 0 Å². The molecule has 2 saturated heterocycles. The van der Waals surface area contributed by atoms with Crippen LogP contribution in [0.2, 0.25) is 0 Å². The zero-order valence-electron chi connectivity index (χ0n) is 24.0. The quantitative estimate of drug-likeness (QED) is 0.0990. The molecule has 10 N–H and O–H groups in total. The first-order valence-electron chi connectivity index (χ1n) is 14.0. The van der Waals surface area contributed by atoms with Crippen LogP contribution in [0.3, 0.4) is 0 Å². The Morgan fingerprint density at radius 2 is 1.38 bits per heavy atom. The number of aliphatic hydroxyl groups excluding tert-OH is 3. The van der Waals surface area contributed by atoms with Crippen molar-refractivity contribution in [1.29, 1.82) is 0 Å². The maximum absolute atomic E-state index is 12.1. The summed E-state index contributed by atoms with van der Waals surface area (Å²) in [5.41, 5.74) is 0.400. The molecule has 2 aromatic rings. The molecule has 0 aromatic carbocycles. The molecular weight excluding hydrogens is 703 g/mol. The van der Waals surface area contributed by atoms with Crippen LogP contribution in [-0.4, -0.2) is 132 Å². The number of phosphoric acid groups is 3. The number of rotatable bonds is 13. The molecule has 1 aliphatic carbocycles. The monoisotopic (exact) mass is 737 g/mol. The average Bonchev–Trinajstić information content (AvgIpc) is 3.70. The second-order valence-corrected chi connectivity index (χ2v) is 14.5. The highest BCUT2D eigenvalue weighted by atomic mass is 31.2. The SMILES string of the molecule is O=P(O)(O)OC1[C@@H](OP(=O)(O)O)C(CO)O[C@@H](O[C@@H]2[C@H](OP(=O)(O)O)C(n3cnc4c(NC5CCCC5)ncnc43)O[C@@H]2CO)[C@H]1O. The molecule has 3 aliphatic rings. The highest BCUT2D eigenvalue weighted by Crippen LogP contribution is 2.49. The number of phosphoric ester groups is 3. The zero-order valence-corrected chi connectivity index (χ0v) is 26.7. The molecule has 0 amide bonds. The second-order valence-electron chi connectivity index (χ2n) is 10.9. The van der Waals surface area contributed by atoms with E-state index in [0.717, 1.165) is 25.7 Å². The lowest BCUT2D eigenvalue weighted by Crippen LogP contribution is -2.61. The molecule has 0 radical (unpaired) electrons. The Kier molecular flexibility index (Phi) is 11.2. The zero-order chi connectivity index (χ0) is 34.3. The Bertz CT molecular complexity index is 1530. The van der Waals surface area contributed by atoms with Crippen LogP contribution in [0.4, 0.5) is 5.82 Å². The normalized spacial score (nSPS) is 32.7. The topological polar surface area (TPSA) is 344 Å². The van der Waals surface area contributed by atoms with Crippen molar-refractivity contribution in [1.82, 2.24) is 19.5 Å². The van der Waals surface area contributed by atoms with Crippen LogP contribution in [0.15, 0.2) is 12.7 Å². The van der Waals surface area contributed by atoms with Gasteiger partial charge in [0.25, 0.3) is 0 Å². The van der Waals surface area contributed by atoms with Crippen LogP contribution in [0.25, 0.3) is 11.2 Å². The molecule has 1 saturated carbocycles. The van der Waals surface area contributed by atoms with E-state index < -0.39 is 91.9 Å². The Morgan fingerprint density at radius 3 is 1.98 bits per heavy atom. The van der Waals surface area contributed by atoms with E-state index in [0.29, 0.717) is 5.82 Å². The maximum atomic E-state index is 12.1. The molecule has 4 heterocycles. The summed E-state index contributed by atoms with van der Waals surface area (Å²) in [4.78, 5) is 69.8. The van der Waals surface area contributed by atoms with Gasteiger partial charge in [0, 0.05) is 6.04 Å². The third kappa shape index (κ3) is 8.79. The van der Waals surface area contributed by atoms with E-state index in [1.54, 1.807) is 0 Å². The summed E-state index contributed by atoms with van der Waals surface area (Å²) in [6.45, 7) is -2.00. The van der Waals surface area contributed by atoms with Gasteiger partial charge in [-0.1, -0.05) is 12.8 Å². The van der Waals surface area contributed by atoms with Gasteiger partial charge in [-0.2, -0.15) is 0 Å². The van der Waals surface area contributed by atoms with Crippen molar-refractivity contribution in [2.75, 3.05) is 18.5 Å². The number of nitrogens with zero attached hydrogens (tertiary/aromatic N) is 4. The van der Waals surface area contributed by atoms with Gasteiger partial charge >= 0.3 is 23.5 Å². The molecule has 26 heteroatoms. The van der Waals surface area contributed by atoms with Crippen LogP contribution in [0.1, 0.15) is 31.9 Å². The fourth-order valence-corrected chi connectivity index (χ4v) is 7.47. The van der Waals surface area contributed by atoms with Crippen LogP contribution < -0.4 is 5.32 Å². The highest BCUT2D eigenvalue weighted by molar-refractivity contribution is 7.46. The number of nitrogens with one attached hydrogen (secondary N) is 1. The molecule has 2 aliphatic heterocycles. The van der Waals surface area contributed by atoms with Crippen molar-refractivity contribution in [3.63, 3.8) is 0 Å². The number of aliphatic hydroxyl groups is 3. The Balaban J connectivity index is 1.47. The summed E-state index contributed by atoms with van der Waals surface area (Å²) in [5.74, 6) is 0.384.